The molecule has 174 valence electrons. The lowest BCUT2D eigenvalue weighted by Gasteiger charge is -2.45. The van der Waals surface area contributed by atoms with Crippen molar-refractivity contribution in [1.29, 1.82) is 0 Å². The summed E-state index contributed by atoms with van der Waals surface area (Å²) >= 11 is 0. The number of benzene rings is 1. The number of carbonyl (C=O) groups excluding carboxylic acids is 2. The summed E-state index contributed by atoms with van der Waals surface area (Å²) in [6, 6.07) is 14.3. The van der Waals surface area contributed by atoms with Gasteiger partial charge in [-0.2, -0.15) is 0 Å². The number of imide groups is 1. The quantitative estimate of drug-likeness (QED) is 0.636. The molecule has 3 fully saturated rings. The molecule has 33 heavy (non-hydrogen) atoms. The number of rotatable bonds is 6. The fourth-order valence-corrected chi connectivity index (χ4v) is 5.58. The molecule has 0 atom stereocenters. The van der Waals surface area contributed by atoms with Crippen LogP contribution in [0.15, 0.2) is 54.9 Å². The van der Waals surface area contributed by atoms with E-state index >= 15 is 0 Å². The topological polar surface area (TPSA) is 66.0 Å². The van der Waals surface area contributed by atoms with Crippen LogP contribution in [0, 0.1) is 0 Å². The molecule has 2 aromatic rings. The summed E-state index contributed by atoms with van der Waals surface area (Å²) in [7, 11) is 0. The van der Waals surface area contributed by atoms with E-state index < -0.39 is 5.54 Å². The highest BCUT2D eigenvalue weighted by atomic mass is 16.5. The Kier molecular flexibility index (Phi) is 6.42. The van der Waals surface area contributed by atoms with E-state index in [1.54, 1.807) is 12.4 Å². The summed E-state index contributed by atoms with van der Waals surface area (Å²) in [5.74, 6) is -0.0453. The van der Waals surface area contributed by atoms with Gasteiger partial charge in [-0.05, 0) is 49.3 Å². The molecule has 7 heteroatoms. The number of nitrogens with zero attached hydrogens (tertiary/aromatic N) is 4. The van der Waals surface area contributed by atoms with Gasteiger partial charge >= 0.3 is 6.03 Å². The van der Waals surface area contributed by atoms with Crippen molar-refractivity contribution in [2.45, 2.75) is 50.2 Å². The highest BCUT2D eigenvalue weighted by molar-refractivity contribution is 6.07. The van der Waals surface area contributed by atoms with E-state index in [9.17, 15) is 9.59 Å². The third-order valence-corrected chi connectivity index (χ3v) is 7.48. The van der Waals surface area contributed by atoms with Gasteiger partial charge < -0.3 is 14.5 Å². The van der Waals surface area contributed by atoms with E-state index in [1.165, 1.54) is 10.5 Å². The molecule has 1 spiro atoms. The van der Waals surface area contributed by atoms with Gasteiger partial charge in [0.05, 0.1) is 6.54 Å². The van der Waals surface area contributed by atoms with Crippen LogP contribution in [0.2, 0.25) is 0 Å². The Balaban J connectivity index is 1.36. The van der Waals surface area contributed by atoms with Crippen molar-refractivity contribution in [3.05, 3.63) is 66.0 Å². The van der Waals surface area contributed by atoms with Crippen LogP contribution < -0.4 is 0 Å². The Bertz CT molecular complexity index is 954. The number of pyridine rings is 1. The van der Waals surface area contributed by atoms with Gasteiger partial charge in [0.1, 0.15) is 5.54 Å². The fourth-order valence-electron chi connectivity index (χ4n) is 5.58. The van der Waals surface area contributed by atoms with Gasteiger partial charge in [0, 0.05) is 51.3 Å². The molecular formula is C26H32N4O3. The van der Waals surface area contributed by atoms with Crippen molar-refractivity contribution in [3.63, 3.8) is 0 Å². The molecule has 1 aromatic heterocycles. The normalized spacial score (nSPS) is 21.8. The van der Waals surface area contributed by atoms with Gasteiger partial charge in [0.15, 0.2) is 0 Å². The SMILES string of the molecule is O=C1N(Cc2cccnc2)C(=O)C2(CCN(C3CCOCC3)CC2)N1CCc1ccccc1. The van der Waals surface area contributed by atoms with Crippen molar-refractivity contribution in [2.75, 3.05) is 32.8 Å². The van der Waals surface area contributed by atoms with Crippen molar-refractivity contribution in [1.82, 2.24) is 19.7 Å². The van der Waals surface area contributed by atoms with E-state index in [2.05, 4.69) is 22.0 Å². The number of urea groups is 1. The lowest BCUT2D eigenvalue weighted by molar-refractivity contribution is -0.136. The van der Waals surface area contributed by atoms with Gasteiger partial charge in [0.2, 0.25) is 0 Å². The number of ether oxygens (including phenoxy) is 1. The molecule has 4 heterocycles. The Morgan fingerprint density at radius 3 is 2.39 bits per heavy atom. The average Bonchev–Trinajstić information content (AvgIpc) is 3.06. The van der Waals surface area contributed by atoms with E-state index in [4.69, 9.17) is 4.74 Å². The number of piperidine rings is 1. The Hall–Kier alpha value is -2.77. The van der Waals surface area contributed by atoms with Crippen molar-refractivity contribution in [3.8, 4) is 0 Å². The minimum atomic E-state index is -0.740. The van der Waals surface area contributed by atoms with Gasteiger partial charge in [-0.15, -0.1) is 0 Å². The molecule has 0 bridgehead atoms. The van der Waals surface area contributed by atoms with Gasteiger partial charge in [-0.25, -0.2) is 4.79 Å². The molecule has 0 aliphatic carbocycles. The lowest BCUT2D eigenvalue weighted by Crippen LogP contribution is -2.58. The summed E-state index contributed by atoms with van der Waals surface area (Å²) in [6.07, 6.45) is 7.65. The smallest absolute Gasteiger partial charge is 0.328 e. The number of amides is 3. The molecule has 5 rings (SSSR count). The predicted octanol–water partition coefficient (Wildman–Crippen LogP) is 3.10. The maximum absolute atomic E-state index is 13.8. The van der Waals surface area contributed by atoms with Crippen LogP contribution in [0.25, 0.3) is 0 Å². The van der Waals surface area contributed by atoms with Gasteiger partial charge in [-0.1, -0.05) is 36.4 Å². The van der Waals surface area contributed by atoms with Crippen LogP contribution in [0.4, 0.5) is 4.79 Å². The summed E-state index contributed by atoms with van der Waals surface area (Å²) in [5.41, 5.74) is 1.31. The Labute approximate surface area is 195 Å². The van der Waals surface area contributed by atoms with E-state index in [0.717, 1.165) is 51.1 Å². The molecule has 7 nitrogen and oxygen atoms in total. The first-order valence-corrected chi connectivity index (χ1v) is 12.1. The van der Waals surface area contributed by atoms with Crippen molar-refractivity contribution < 1.29 is 14.3 Å². The third kappa shape index (κ3) is 4.39. The van der Waals surface area contributed by atoms with Crippen LogP contribution in [-0.2, 0) is 22.5 Å². The van der Waals surface area contributed by atoms with Crippen molar-refractivity contribution in [2.24, 2.45) is 0 Å². The number of hydrogen-bond acceptors (Lipinski definition) is 5. The molecule has 0 radical (unpaired) electrons. The zero-order chi connectivity index (χ0) is 22.7. The first-order chi connectivity index (χ1) is 16.2. The Morgan fingerprint density at radius 1 is 0.970 bits per heavy atom. The van der Waals surface area contributed by atoms with Crippen LogP contribution >= 0.6 is 0 Å². The molecule has 0 N–H and O–H groups in total. The second kappa shape index (κ2) is 9.61. The monoisotopic (exact) mass is 448 g/mol. The van der Waals surface area contributed by atoms with Gasteiger partial charge in [-0.3, -0.25) is 14.7 Å². The molecule has 1 aromatic carbocycles. The highest BCUT2D eigenvalue weighted by Gasteiger charge is 2.57. The molecular weight excluding hydrogens is 416 g/mol. The van der Waals surface area contributed by atoms with E-state index in [1.807, 2.05) is 35.2 Å². The minimum Gasteiger partial charge on any atom is -0.381 e. The molecule has 0 unspecified atom stereocenters. The van der Waals surface area contributed by atoms with Crippen LogP contribution in [0.5, 0.6) is 0 Å². The molecule has 3 saturated heterocycles. The lowest BCUT2D eigenvalue weighted by atomic mass is 9.84. The fraction of sp³-hybridized carbons (Fsp3) is 0.500. The molecule has 0 saturated carbocycles. The van der Waals surface area contributed by atoms with E-state index in [0.29, 0.717) is 25.4 Å². The van der Waals surface area contributed by atoms with Gasteiger partial charge in [0.25, 0.3) is 5.91 Å². The summed E-state index contributed by atoms with van der Waals surface area (Å²) in [6.45, 7) is 4.13. The number of hydrogen-bond donors (Lipinski definition) is 0. The Morgan fingerprint density at radius 2 is 1.70 bits per heavy atom. The zero-order valence-electron chi connectivity index (χ0n) is 19.1. The average molecular weight is 449 g/mol. The zero-order valence-corrected chi connectivity index (χ0v) is 19.1. The molecule has 3 aliphatic heterocycles. The second-order valence-electron chi connectivity index (χ2n) is 9.33. The number of carbonyl (C=O) groups is 2. The maximum atomic E-state index is 13.8. The highest BCUT2D eigenvalue weighted by Crippen LogP contribution is 2.39. The largest absolute Gasteiger partial charge is 0.381 e. The first-order valence-electron chi connectivity index (χ1n) is 12.1. The van der Waals surface area contributed by atoms with E-state index in [-0.39, 0.29) is 18.5 Å². The summed E-state index contributed by atoms with van der Waals surface area (Å²) < 4.78 is 5.53. The summed E-state index contributed by atoms with van der Waals surface area (Å²) in [5, 5.41) is 0. The van der Waals surface area contributed by atoms with Crippen LogP contribution in [0.3, 0.4) is 0 Å². The van der Waals surface area contributed by atoms with Crippen LogP contribution in [0.1, 0.15) is 36.8 Å². The second-order valence-corrected chi connectivity index (χ2v) is 9.33. The maximum Gasteiger partial charge on any atom is 0.328 e. The van der Waals surface area contributed by atoms with Crippen LogP contribution in [-0.4, -0.2) is 76.1 Å². The first kappa shape index (κ1) is 22.0. The predicted molar refractivity (Wildman–Crippen MR) is 124 cm³/mol. The molecule has 3 aliphatic rings. The summed E-state index contributed by atoms with van der Waals surface area (Å²) in [4.78, 5) is 37.4. The number of likely N-dealkylation sites (tertiary alicyclic amines) is 1. The van der Waals surface area contributed by atoms with Crippen molar-refractivity contribution >= 4 is 11.9 Å². The molecule has 3 amide bonds. The third-order valence-electron chi connectivity index (χ3n) is 7.48. The standard InChI is InChI=1S/C26H32N4O3/c31-24-26(11-15-28(16-12-26)23-9-17-33-18-10-23)30(14-8-21-5-2-1-3-6-21)25(32)29(24)20-22-7-4-13-27-19-22/h1-7,13,19,23H,8-12,14-18,20H2. The minimum absolute atomic E-state index is 0.0453. The number of aromatic nitrogens is 1.